The monoisotopic (exact) mass is 310 g/mol. The number of nitrogens with zero attached hydrogens (tertiary/aromatic N) is 1. The number of aromatic nitrogens is 1. The number of hydrogen-bond donors (Lipinski definition) is 1. The molecular formula is C14H12ClFN2OS. The number of halogens is 2. The van der Waals surface area contributed by atoms with Crippen LogP contribution in [0.3, 0.4) is 0 Å². The second-order valence-electron chi connectivity index (χ2n) is 4.36. The summed E-state index contributed by atoms with van der Waals surface area (Å²) in [5.41, 5.74) is 6.71. The van der Waals surface area contributed by atoms with Crippen LogP contribution in [0.5, 0.6) is 0 Å². The lowest BCUT2D eigenvalue weighted by Gasteiger charge is -2.13. The molecule has 3 nitrogen and oxygen atoms in total. The first-order chi connectivity index (χ1) is 9.41. The van der Waals surface area contributed by atoms with Crippen molar-refractivity contribution in [3.8, 4) is 0 Å². The molecule has 0 amide bonds. The van der Waals surface area contributed by atoms with Crippen LogP contribution < -0.4 is 11.3 Å². The molecule has 2 N–H and O–H groups in total. The van der Waals surface area contributed by atoms with Crippen LogP contribution >= 0.6 is 23.8 Å². The summed E-state index contributed by atoms with van der Waals surface area (Å²) in [7, 11) is 0. The summed E-state index contributed by atoms with van der Waals surface area (Å²) in [5, 5.41) is 0.0135. The highest BCUT2D eigenvalue weighted by molar-refractivity contribution is 7.80. The number of thiocarbonyl (C=S) groups is 1. The molecule has 0 bridgehead atoms. The molecule has 0 saturated carbocycles. The summed E-state index contributed by atoms with van der Waals surface area (Å²) in [6.45, 7) is 1.94. The van der Waals surface area contributed by atoms with E-state index >= 15 is 0 Å². The fourth-order valence-corrected chi connectivity index (χ4v) is 2.24. The van der Waals surface area contributed by atoms with Crippen LogP contribution in [-0.4, -0.2) is 9.56 Å². The van der Waals surface area contributed by atoms with Gasteiger partial charge in [-0.25, -0.2) is 4.39 Å². The number of pyridine rings is 1. The average Bonchev–Trinajstić information content (AvgIpc) is 2.38. The Bertz CT molecular complexity index is 742. The van der Waals surface area contributed by atoms with Gasteiger partial charge in [0.05, 0.1) is 17.1 Å². The predicted molar refractivity (Wildman–Crippen MR) is 81.8 cm³/mol. The zero-order valence-electron chi connectivity index (χ0n) is 10.7. The Morgan fingerprint density at radius 2 is 2.10 bits per heavy atom. The van der Waals surface area contributed by atoms with Crippen molar-refractivity contribution in [3.05, 3.63) is 68.3 Å². The topological polar surface area (TPSA) is 48.0 Å². The zero-order valence-corrected chi connectivity index (χ0v) is 12.3. The molecule has 0 fully saturated rings. The van der Waals surface area contributed by atoms with Crippen LogP contribution in [0, 0.1) is 12.7 Å². The van der Waals surface area contributed by atoms with Crippen molar-refractivity contribution in [3.63, 3.8) is 0 Å². The molecule has 1 aromatic heterocycles. The maximum absolute atomic E-state index is 13.4. The first kappa shape index (κ1) is 14.7. The third-order valence-electron chi connectivity index (χ3n) is 3.02. The van der Waals surface area contributed by atoms with E-state index in [9.17, 15) is 9.18 Å². The third kappa shape index (κ3) is 2.73. The first-order valence-electron chi connectivity index (χ1n) is 5.85. The van der Waals surface area contributed by atoms with Gasteiger partial charge >= 0.3 is 0 Å². The minimum Gasteiger partial charge on any atom is -0.389 e. The lowest BCUT2D eigenvalue weighted by molar-refractivity contribution is 0.622. The van der Waals surface area contributed by atoms with Crippen molar-refractivity contribution in [2.45, 2.75) is 13.5 Å². The minimum absolute atomic E-state index is 0.0135. The molecule has 0 unspecified atom stereocenters. The van der Waals surface area contributed by atoms with Gasteiger partial charge in [-0.1, -0.05) is 36.0 Å². The van der Waals surface area contributed by atoms with Crippen molar-refractivity contribution in [1.29, 1.82) is 0 Å². The number of hydrogen-bond acceptors (Lipinski definition) is 2. The molecule has 2 rings (SSSR count). The van der Waals surface area contributed by atoms with E-state index in [-0.39, 0.29) is 27.7 Å². The van der Waals surface area contributed by atoms with Crippen molar-refractivity contribution in [2.75, 3.05) is 0 Å². The molecule has 0 aliphatic carbocycles. The predicted octanol–water partition coefficient (Wildman–Crippen LogP) is 2.63. The Balaban J connectivity index is 2.54. The number of aryl methyl sites for hydroxylation is 1. The lowest BCUT2D eigenvalue weighted by Crippen LogP contribution is -2.30. The molecule has 6 heteroatoms. The molecule has 2 aromatic rings. The van der Waals surface area contributed by atoms with Gasteiger partial charge in [-0.15, -0.1) is 0 Å². The van der Waals surface area contributed by atoms with Crippen LogP contribution in [0.4, 0.5) is 4.39 Å². The van der Waals surface area contributed by atoms with Crippen LogP contribution in [0.2, 0.25) is 5.02 Å². The Morgan fingerprint density at radius 1 is 1.40 bits per heavy atom. The van der Waals surface area contributed by atoms with E-state index in [0.29, 0.717) is 5.56 Å². The van der Waals surface area contributed by atoms with Gasteiger partial charge in [0.2, 0.25) is 0 Å². The Kier molecular flexibility index (Phi) is 4.20. The Morgan fingerprint density at radius 3 is 2.75 bits per heavy atom. The van der Waals surface area contributed by atoms with E-state index in [2.05, 4.69) is 0 Å². The third-order valence-corrected chi connectivity index (χ3v) is 3.66. The highest BCUT2D eigenvalue weighted by atomic mass is 35.5. The summed E-state index contributed by atoms with van der Waals surface area (Å²) in [4.78, 5) is 12.3. The van der Waals surface area contributed by atoms with Gasteiger partial charge in [0, 0.05) is 5.69 Å². The van der Waals surface area contributed by atoms with Gasteiger partial charge in [-0.3, -0.25) is 4.79 Å². The maximum atomic E-state index is 13.4. The fraction of sp³-hybridized carbons (Fsp3) is 0.143. The Hall–Kier alpha value is -1.72. The van der Waals surface area contributed by atoms with Crippen molar-refractivity contribution < 1.29 is 4.39 Å². The van der Waals surface area contributed by atoms with Crippen LogP contribution in [0.15, 0.2) is 35.1 Å². The van der Waals surface area contributed by atoms with E-state index in [1.165, 1.54) is 10.6 Å². The van der Waals surface area contributed by atoms with Gasteiger partial charge in [0.1, 0.15) is 10.8 Å². The van der Waals surface area contributed by atoms with Crippen molar-refractivity contribution >= 4 is 28.8 Å². The summed E-state index contributed by atoms with van der Waals surface area (Å²) >= 11 is 10.8. The first-order valence-corrected chi connectivity index (χ1v) is 6.63. The summed E-state index contributed by atoms with van der Waals surface area (Å²) in [5.74, 6) is -0.514. The largest absolute Gasteiger partial charge is 0.389 e. The second-order valence-corrected chi connectivity index (χ2v) is 5.17. The highest BCUT2D eigenvalue weighted by Crippen LogP contribution is 2.20. The van der Waals surface area contributed by atoms with E-state index in [1.54, 1.807) is 31.2 Å². The number of benzene rings is 1. The van der Waals surface area contributed by atoms with E-state index < -0.39 is 5.82 Å². The van der Waals surface area contributed by atoms with Gasteiger partial charge < -0.3 is 10.3 Å². The molecule has 0 saturated heterocycles. The quantitative estimate of drug-likeness (QED) is 0.887. The molecule has 0 atom stereocenters. The molecule has 0 aliphatic heterocycles. The summed E-state index contributed by atoms with van der Waals surface area (Å²) in [6.07, 6.45) is 0. The normalized spacial score (nSPS) is 10.6. The number of rotatable bonds is 3. The fourth-order valence-electron chi connectivity index (χ4n) is 1.90. The minimum atomic E-state index is -0.514. The van der Waals surface area contributed by atoms with Crippen molar-refractivity contribution in [2.24, 2.45) is 5.73 Å². The van der Waals surface area contributed by atoms with Crippen molar-refractivity contribution in [1.82, 2.24) is 4.57 Å². The molecule has 0 radical (unpaired) electrons. The maximum Gasteiger partial charge on any atom is 0.261 e. The van der Waals surface area contributed by atoms with Gasteiger partial charge in [-0.05, 0) is 30.7 Å². The van der Waals surface area contributed by atoms with Crippen LogP contribution in [0.1, 0.15) is 16.8 Å². The smallest absolute Gasteiger partial charge is 0.261 e. The molecule has 20 heavy (non-hydrogen) atoms. The molecule has 0 spiro atoms. The molecule has 0 aliphatic rings. The summed E-state index contributed by atoms with van der Waals surface area (Å²) in [6, 6.07) is 7.82. The standard InChI is InChI=1S/C14H12ClFN2OS/c1-8-5-6-10(13(17)20)14(19)18(8)7-9-3-2-4-11(16)12(9)15/h2-6H,7H2,1H3,(H2,17,20). The Labute approximate surface area is 125 Å². The average molecular weight is 311 g/mol. The van der Waals surface area contributed by atoms with E-state index in [4.69, 9.17) is 29.6 Å². The molecule has 1 aromatic carbocycles. The number of nitrogens with two attached hydrogens (primary N) is 1. The molecule has 1 heterocycles. The SMILES string of the molecule is Cc1ccc(C(N)=S)c(=O)n1Cc1cccc(F)c1Cl. The molecular weight excluding hydrogens is 299 g/mol. The summed E-state index contributed by atoms with van der Waals surface area (Å²) < 4.78 is 14.9. The second kappa shape index (κ2) is 5.73. The zero-order chi connectivity index (χ0) is 14.9. The van der Waals surface area contributed by atoms with Crippen LogP contribution in [-0.2, 0) is 6.54 Å². The van der Waals surface area contributed by atoms with Gasteiger partial charge in [0.25, 0.3) is 5.56 Å². The highest BCUT2D eigenvalue weighted by Gasteiger charge is 2.12. The van der Waals surface area contributed by atoms with Crippen LogP contribution in [0.25, 0.3) is 0 Å². The lowest BCUT2D eigenvalue weighted by atomic mass is 10.2. The van der Waals surface area contributed by atoms with Gasteiger partial charge in [0.15, 0.2) is 0 Å². The van der Waals surface area contributed by atoms with E-state index in [1.807, 2.05) is 0 Å². The van der Waals surface area contributed by atoms with Gasteiger partial charge in [-0.2, -0.15) is 0 Å². The molecule has 104 valence electrons. The van der Waals surface area contributed by atoms with E-state index in [0.717, 1.165) is 5.69 Å².